The zero-order valence-corrected chi connectivity index (χ0v) is 16.3. The van der Waals surface area contributed by atoms with E-state index in [0.29, 0.717) is 0 Å². The van der Waals surface area contributed by atoms with Crippen molar-refractivity contribution in [1.82, 2.24) is 10.2 Å². The largest absolute Gasteiger partial charge is 0.385 e. The number of likely N-dealkylation sites (N-methyl/N-ethyl adjacent to an activating group) is 1. The Morgan fingerprint density at radius 3 is 2.72 bits per heavy atom. The summed E-state index contributed by atoms with van der Waals surface area (Å²) in [5.41, 5.74) is 4.04. The molecule has 1 N–H and O–H groups in total. The minimum absolute atomic E-state index is 0.718. The summed E-state index contributed by atoms with van der Waals surface area (Å²) in [6.45, 7) is 8.35. The van der Waals surface area contributed by atoms with E-state index < -0.39 is 0 Å². The van der Waals surface area contributed by atoms with Gasteiger partial charge in [0.15, 0.2) is 0 Å². The lowest BCUT2D eigenvalue weighted by Gasteiger charge is -2.63. The van der Waals surface area contributed by atoms with Crippen LogP contribution in [0.25, 0.3) is 0 Å². The average molecular weight is 341 g/mol. The Hall–Kier alpha value is -0.760. The van der Waals surface area contributed by atoms with Crippen LogP contribution in [0.2, 0.25) is 0 Å². The van der Waals surface area contributed by atoms with Crippen molar-refractivity contribution < 1.29 is 0 Å². The Kier molecular flexibility index (Phi) is 4.04. The lowest BCUT2D eigenvalue weighted by atomic mass is 9.46. The van der Waals surface area contributed by atoms with Gasteiger partial charge in [-0.05, 0) is 112 Å². The summed E-state index contributed by atoms with van der Waals surface area (Å²) in [4.78, 5) is 2.91. The molecule has 4 fully saturated rings. The van der Waals surface area contributed by atoms with Crippen molar-refractivity contribution in [3.05, 3.63) is 23.4 Å². The molecule has 0 radical (unpaired) electrons. The van der Waals surface area contributed by atoms with Gasteiger partial charge >= 0.3 is 0 Å². The Balaban J connectivity index is 1.22. The number of nitrogens with zero attached hydrogens (tertiary/aromatic N) is 1. The fourth-order valence-electron chi connectivity index (χ4n) is 7.28. The van der Waals surface area contributed by atoms with Crippen molar-refractivity contribution in [2.75, 3.05) is 19.6 Å². The maximum Gasteiger partial charge on any atom is 0.0331 e. The van der Waals surface area contributed by atoms with Gasteiger partial charge in [-0.2, -0.15) is 0 Å². The molecule has 0 aromatic rings. The van der Waals surface area contributed by atoms with E-state index in [2.05, 4.69) is 36.2 Å². The van der Waals surface area contributed by atoms with Crippen molar-refractivity contribution >= 4 is 0 Å². The van der Waals surface area contributed by atoms with Gasteiger partial charge in [-0.25, -0.2) is 0 Å². The van der Waals surface area contributed by atoms with Crippen molar-refractivity contribution in [3.8, 4) is 0 Å². The number of nitrogens with one attached hydrogen (secondary N) is 1. The monoisotopic (exact) mass is 340 g/mol. The number of rotatable bonds is 4. The maximum atomic E-state index is 3.64. The molecular formula is C23H36N2. The van der Waals surface area contributed by atoms with E-state index in [0.717, 1.165) is 41.7 Å². The Morgan fingerprint density at radius 2 is 2.00 bits per heavy atom. The molecule has 1 saturated heterocycles. The molecule has 0 amide bonds. The van der Waals surface area contributed by atoms with Gasteiger partial charge in [0.05, 0.1) is 0 Å². The smallest absolute Gasteiger partial charge is 0.0331 e. The minimum atomic E-state index is 0.718. The standard InChI is InChI=1S/C23H36N2/c1-3-24-21-7-4-16(2)14-19(21)17-9-12-25(13-10-17)22-15-23-11-8-18(23)5-6-20(22)23/h4,7,16-18,20,22,24H,3,5-6,8-15H2,1-2H3/t16?,18?,20-,22+,23-/m0/s1. The third-order valence-corrected chi connectivity index (χ3v) is 8.73. The summed E-state index contributed by atoms with van der Waals surface area (Å²) in [7, 11) is 0. The van der Waals surface area contributed by atoms with E-state index in [4.69, 9.17) is 0 Å². The summed E-state index contributed by atoms with van der Waals surface area (Å²) in [5.74, 6) is 3.76. The van der Waals surface area contributed by atoms with Gasteiger partial charge in [0, 0.05) is 18.3 Å². The SMILES string of the molecule is CCNC1=C(C2CCN([C@@H]3C[C@@]45CCC4CC[C@@H]35)CC2)CC(C)C=C1. The highest BCUT2D eigenvalue weighted by Crippen LogP contribution is 2.71. The first-order chi connectivity index (χ1) is 12.2. The van der Waals surface area contributed by atoms with Gasteiger partial charge in [0.1, 0.15) is 0 Å². The van der Waals surface area contributed by atoms with Crippen LogP contribution in [0.15, 0.2) is 23.4 Å². The fourth-order valence-corrected chi connectivity index (χ4v) is 7.28. The van der Waals surface area contributed by atoms with E-state index in [9.17, 15) is 0 Å². The first-order valence-electron chi connectivity index (χ1n) is 11.1. The Morgan fingerprint density at radius 1 is 1.16 bits per heavy atom. The highest BCUT2D eigenvalue weighted by Gasteiger charge is 2.65. The second-order valence-corrected chi connectivity index (χ2v) is 9.74. The molecule has 25 heavy (non-hydrogen) atoms. The van der Waals surface area contributed by atoms with Crippen molar-refractivity contribution in [2.45, 2.75) is 71.3 Å². The molecule has 5 atom stereocenters. The highest BCUT2D eigenvalue weighted by atomic mass is 15.2. The third-order valence-electron chi connectivity index (χ3n) is 8.73. The van der Waals surface area contributed by atoms with Crippen molar-refractivity contribution in [3.63, 3.8) is 0 Å². The summed E-state index contributed by atoms with van der Waals surface area (Å²) >= 11 is 0. The molecule has 0 aromatic heterocycles. The zero-order chi connectivity index (χ0) is 17.0. The predicted octanol–water partition coefficient (Wildman–Crippen LogP) is 4.74. The van der Waals surface area contributed by atoms with Gasteiger partial charge in [0.25, 0.3) is 0 Å². The topological polar surface area (TPSA) is 15.3 Å². The summed E-state index contributed by atoms with van der Waals surface area (Å²) in [6, 6.07) is 0.957. The first kappa shape index (κ1) is 16.4. The summed E-state index contributed by atoms with van der Waals surface area (Å²) in [6.07, 6.45) is 16.6. The van der Waals surface area contributed by atoms with E-state index in [1.54, 1.807) is 37.7 Å². The van der Waals surface area contributed by atoms with Crippen LogP contribution in [0.3, 0.4) is 0 Å². The van der Waals surface area contributed by atoms with Crippen LogP contribution >= 0.6 is 0 Å². The van der Waals surface area contributed by atoms with Gasteiger partial charge in [-0.15, -0.1) is 0 Å². The summed E-state index contributed by atoms with van der Waals surface area (Å²) < 4.78 is 0. The molecule has 3 saturated carbocycles. The molecule has 138 valence electrons. The molecule has 1 spiro atoms. The van der Waals surface area contributed by atoms with Crippen LogP contribution in [0.4, 0.5) is 0 Å². The predicted molar refractivity (Wildman–Crippen MR) is 104 cm³/mol. The molecule has 0 aromatic carbocycles. The Bertz CT molecular complexity index is 583. The molecule has 2 heteroatoms. The van der Waals surface area contributed by atoms with Crippen LogP contribution in [0.1, 0.15) is 65.2 Å². The average Bonchev–Trinajstić information content (AvgIpc) is 2.77. The van der Waals surface area contributed by atoms with Crippen LogP contribution in [0, 0.1) is 29.1 Å². The van der Waals surface area contributed by atoms with Gasteiger partial charge < -0.3 is 10.2 Å². The van der Waals surface area contributed by atoms with E-state index >= 15 is 0 Å². The second-order valence-electron chi connectivity index (χ2n) is 9.74. The molecule has 4 aliphatic carbocycles. The minimum Gasteiger partial charge on any atom is -0.385 e. The maximum absolute atomic E-state index is 3.64. The van der Waals surface area contributed by atoms with Crippen LogP contribution < -0.4 is 5.32 Å². The lowest BCUT2D eigenvalue weighted by Crippen LogP contribution is -2.63. The van der Waals surface area contributed by atoms with E-state index in [1.165, 1.54) is 38.0 Å². The van der Waals surface area contributed by atoms with Crippen LogP contribution in [-0.4, -0.2) is 30.6 Å². The molecule has 5 aliphatic rings. The molecule has 2 nitrogen and oxygen atoms in total. The van der Waals surface area contributed by atoms with Crippen LogP contribution in [0.5, 0.6) is 0 Å². The van der Waals surface area contributed by atoms with Gasteiger partial charge in [-0.3, -0.25) is 0 Å². The van der Waals surface area contributed by atoms with Crippen molar-refractivity contribution in [2.24, 2.45) is 29.1 Å². The second kappa shape index (κ2) is 6.15. The molecular weight excluding hydrogens is 304 g/mol. The molecule has 1 heterocycles. The lowest BCUT2D eigenvalue weighted by molar-refractivity contribution is -0.135. The van der Waals surface area contributed by atoms with Gasteiger partial charge in [-0.1, -0.05) is 13.0 Å². The van der Waals surface area contributed by atoms with Crippen molar-refractivity contribution in [1.29, 1.82) is 0 Å². The number of piperidine rings is 1. The van der Waals surface area contributed by atoms with E-state index in [-0.39, 0.29) is 0 Å². The molecule has 0 bridgehead atoms. The normalized spacial score (nSPS) is 44.1. The number of hydrogen-bond donors (Lipinski definition) is 1. The highest BCUT2D eigenvalue weighted by molar-refractivity contribution is 5.31. The number of hydrogen-bond acceptors (Lipinski definition) is 2. The number of likely N-dealkylation sites (tertiary alicyclic amines) is 1. The zero-order valence-electron chi connectivity index (χ0n) is 16.3. The summed E-state index contributed by atoms with van der Waals surface area (Å²) in [5, 5.41) is 3.64. The molecule has 5 rings (SSSR count). The van der Waals surface area contributed by atoms with E-state index in [1.807, 2.05) is 0 Å². The van der Waals surface area contributed by atoms with Gasteiger partial charge in [0.2, 0.25) is 0 Å². The molecule has 1 aliphatic heterocycles. The molecule has 2 unspecified atom stereocenters. The van der Waals surface area contributed by atoms with Crippen LogP contribution in [-0.2, 0) is 0 Å². The third kappa shape index (κ3) is 2.46. The Labute approximate surface area is 154 Å². The number of allylic oxidation sites excluding steroid dienone is 3. The first-order valence-corrected chi connectivity index (χ1v) is 11.1. The quantitative estimate of drug-likeness (QED) is 0.795. The fraction of sp³-hybridized carbons (Fsp3) is 0.826.